The second-order valence-electron chi connectivity index (χ2n) is 3.16. The molecule has 0 saturated carbocycles. The zero-order valence-electron chi connectivity index (χ0n) is 8.77. The summed E-state index contributed by atoms with van der Waals surface area (Å²) in [6.07, 6.45) is 3.68. The second-order valence-corrected chi connectivity index (χ2v) is 4.13. The van der Waals surface area contributed by atoms with Gasteiger partial charge in [-0.1, -0.05) is 6.92 Å². The first kappa shape index (κ1) is 10.9. The minimum atomic E-state index is -0.366. The van der Waals surface area contributed by atoms with Gasteiger partial charge in [-0.2, -0.15) is 0 Å². The molecule has 0 amide bonds. The molecule has 0 unspecified atom stereocenters. The maximum absolute atomic E-state index is 13.7. The van der Waals surface area contributed by atoms with E-state index in [-0.39, 0.29) is 11.6 Å². The number of halogens is 1. The van der Waals surface area contributed by atoms with E-state index in [9.17, 15) is 4.39 Å². The van der Waals surface area contributed by atoms with Crippen LogP contribution in [0.5, 0.6) is 0 Å². The number of anilines is 1. The standard InChI is InChI=1S/C10H11FN4S/c1-2-8-9(11)10(15-5-14-8)13-4-7-3-12-6-16-7/h3,5-6H,2,4H2,1H3,(H,13,14,15). The summed E-state index contributed by atoms with van der Waals surface area (Å²) in [5.74, 6) is -0.116. The Bertz CT molecular complexity index is 458. The molecule has 2 heterocycles. The molecule has 0 bridgehead atoms. The largest absolute Gasteiger partial charge is 0.363 e. The maximum Gasteiger partial charge on any atom is 0.186 e. The highest BCUT2D eigenvalue weighted by molar-refractivity contribution is 7.09. The molecule has 0 saturated heterocycles. The summed E-state index contributed by atoms with van der Waals surface area (Å²) in [5.41, 5.74) is 2.17. The van der Waals surface area contributed by atoms with E-state index in [1.807, 2.05) is 6.92 Å². The first-order chi connectivity index (χ1) is 7.81. The molecule has 2 aromatic heterocycles. The van der Waals surface area contributed by atoms with Crippen LogP contribution in [0.3, 0.4) is 0 Å². The van der Waals surface area contributed by atoms with Crippen LogP contribution in [0.2, 0.25) is 0 Å². The summed E-state index contributed by atoms with van der Waals surface area (Å²) in [6.45, 7) is 2.39. The predicted octanol–water partition coefficient (Wildman–Crippen LogP) is 2.25. The second kappa shape index (κ2) is 4.98. The number of hydrogen-bond donors (Lipinski definition) is 1. The van der Waals surface area contributed by atoms with E-state index in [4.69, 9.17) is 0 Å². The first-order valence-corrected chi connectivity index (χ1v) is 5.79. The Morgan fingerprint density at radius 1 is 1.44 bits per heavy atom. The molecule has 84 valence electrons. The zero-order chi connectivity index (χ0) is 11.4. The normalized spacial score (nSPS) is 10.4. The van der Waals surface area contributed by atoms with E-state index in [1.54, 1.807) is 11.7 Å². The van der Waals surface area contributed by atoms with Crippen molar-refractivity contribution < 1.29 is 4.39 Å². The summed E-state index contributed by atoms with van der Waals surface area (Å²) >= 11 is 1.52. The molecule has 0 aliphatic heterocycles. The lowest BCUT2D eigenvalue weighted by Gasteiger charge is -2.06. The van der Waals surface area contributed by atoms with Crippen molar-refractivity contribution in [1.82, 2.24) is 15.0 Å². The SMILES string of the molecule is CCc1ncnc(NCc2cncs2)c1F. The number of aromatic nitrogens is 3. The van der Waals surface area contributed by atoms with Crippen molar-refractivity contribution in [2.24, 2.45) is 0 Å². The van der Waals surface area contributed by atoms with Crippen molar-refractivity contribution in [3.63, 3.8) is 0 Å². The third kappa shape index (κ3) is 2.33. The molecule has 0 aromatic carbocycles. The van der Waals surface area contributed by atoms with Crippen molar-refractivity contribution >= 4 is 17.2 Å². The fourth-order valence-corrected chi connectivity index (χ4v) is 1.81. The minimum absolute atomic E-state index is 0.250. The quantitative estimate of drug-likeness (QED) is 0.887. The fourth-order valence-electron chi connectivity index (χ4n) is 1.28. The van der Waals surface area contributed by atoms with E-state index in [1.165, 1.54) is 17.7 Å². The summed E-state index contributed by atoms with van der Waals surface area (Å²) in [5, 5.41) is 2.93. The smallest absolute Gasteiger partial charge is 0.186 e. The molecule has 2 rings (SSSR count). The van der Waals surface area contributed by atoms with Crippen molar-refractivity contribution in [3.8, 4) is 0 Å². The van der Waals surface area contributed by atoms with E-state index in [0.29, 0.717) is 18.7 Å². The Labute approximate surface area is 96.6 Å². The van der Waals surface area contributed by atoms with Crippen LogP contribution < -0.4 is 5.32 Å². The Kier molecular flexibility index (Phi) is 3.40. The average molecular weight is 238 g/mol. The van der Waals surface area contributed by atoms with Gasteiger partial charge in [0.05, 0.1) is 17.7 Å². The molecule has 16 heavy (non-hydrogen) atoms. The lowest BCUT2D eigenvalue weighted by Crippen LogP contribution is -2.06. The lowest BCUT2D eigenvalue weighted by atomic mass is 10.3. The highest BCUT2D eigenvalue weighted by Gasteiger charge is 2.09. The molecule has 4 nitrogen and oxygen atoms in total. The van der Waals surface area contributed by atoms with Crippen LogP contribution in [-0.4, -0.2) is 15.0 Å². The molecule has 0 radical (unpaired) electrons. The molecule has 2 aromatic rings. The van der Waals surface area contributed by atoms with Gasteiger partial charge >= 0.3 is 0 Å². The van der Waals surface area contributed by atoms with Crippen LogP contribution in [-0.2, 0) is 13.0 Å². The molecule has 1 N–H and O–H groups in total. The highest BCUT2D eigenvalue weighted by atomic mass is 32.1. The van der Waals surface area contributed by atoms with Gasteiger partial charge in [0.25, 0.3) is 0 Å². The first-order valence-electron chi connectivity index (χ1n) is 4.92. The molecule has 0 atom stereocenters. The van der Waals surface area contributed by atoms with Crippen molar-refractivity contribution in [2.75, 3.05) is 5.32 Å². The van der Waals surface area contributed by atoms with Crippen LogP contribution in [0.4, 0.5) is 10.2 Å². The third-order valence-corrected chi connectivity index (χ3v) is 2.89. The average Bonchev–Trinajstić information content (AvgIpc) is 2.81. The maximum atomic E-state index is 13.7. The van der Waals surface area contributed by atoms with Gasteiger partial charge in [0.15, 0.2) is 11.6 Å². The summed E-state index contributed by atoms with van der Waals surface area (Å²) in [4.78, 5) is 12.7. The van der Waals surface area contributed by atoms with Crippen molar-refractivity contribution in [2.45, 2.75) is 19.9 Å². The van der Waals surface area contributed by atoms with Crippen LogP contribution in [0, 0.1) is 5.82 Å². The van der Waals surface area contributed by atoms with Crippen LogP contribution in [0.1, 0.15) is 17.5 Å². The molecule has 6 heteroatoms. The van der Waals surface area contributed by atoms with Gasteiger partial charge < -0.3 is 5.32 Å². The number of rotatable bonds is 4. The van der Waals surface area contributed by atoms with Crippen LogP contribution >= 0.6 is 11.3 Å². The molecule has 0 spiro atoms. The van der Waals surface area contributed by atoms with E-state index < -0.39 is 0 Å². The molecular weight excluding hydrogens is 227 g/mol. The molecule has 0 fully saturated rings. The van der Waals surface area contributed by atoms with Crippen LogP contribution in [0.25, 0.3) is 0 Å². The van der Waals surface area contributed by atoms with Gasteiger partial charge in [-0.15, -0.1) is 11.3 Å². The summed E-state index contributed by atoms with van der Waals surface area (Å²) in [7, 11) is 0. The number of nitrogens with one attached hydrogen (secondary N) is 1. The van der Waals surface area contributed by atoms with Gasteiger partial charge in [0, 0.05) is 11.1 Å². The minimum Gasteiger partial charge on any atom is -0.363 e. The predicted molar refractivity (Wildman–Crippen MR) is 60.8 cm³/mol. The number of hydrogen-bond acceptors (Lipinski definition) is 5. The van der Waals surface area contributed by atoms with Crippen LogP contribution in [0.15, 0.2) is 18.0 Å². The number of aryl methyl sites for hydroxylation is 1. The Hall–Kier alpha value is -1.56. The monoisotopic (exact) mass is 238 g/mol. The Morgan fingerprint density at radius 2 is 2.31 bits per heavy atom. The third-order valence-electron chi connectivity index (χ3n) is 2.11. The highest BCUT2D eigenvalue weighted by Crippen LogP contribution is 2.15. The lowest BCUT2D eigenvalue weighted by molar-refractivity contribution is 0.597. The summed E-state index contributed by atoms with van der Waals surface area (Å²) in [6, 6.07) is 0. The number of nitrogens with zero attached hydrogens (tertiary/aromatic N) is 3. The van der Waals surface area contributed by atoms with E-state index in [2.05, 4.69) is 20.3 Å². The van der Waals surface area contributed by atoms with Gasteiger partial charge in [-0.25, -0.2) is 14.4 Å². The fraction of sp³-hybridized carbons (Fsp3) is 0.300. The van der Waals surface area contributed by atoms with Crippen molar-refractivity contribution in [3.05, 3.63) is 34.4 Å². The van der Waals surface area contributed by atoms with Gasteiger partial charge in [0.1, 0.15) is 6.33 Å². The summed E-state index contributed by atoms with van der Waals surface area (Å²) < 4.78 is 13.7. The Balaban J connectivity index is 2.09. The van der Waals surface area contributed by atoms with Gasteiger partial charge in [-0.05, 0) is 6.42 Å². The molecular formula is C10H11FN4S. The Morgan fingerprint density at radius 3 is 3.00 bits per heavy atom. The van der Waals surface area contributed by atoms with Gasteiger partial charge in [0.2, 0.25) is 0 Å². The van der Waals surface area contributed by atoms with Gasteiger partial charge in [-0.3, -0.25) is 4.98 Å². The molecule has 0 aliphatic carbocycles. The van der Waals surface area contributed by atoms with Crippen molar-refractivity contribution in [1.29, 1.82) is 0 Å². The number of thiazole rings is 1. The topological polar surface area (TPSA) is 50.7 Å². The van der Waals surface area contributed by atoms with E-state index >= 15 is 0 Å². The molecule has 0 aliphatic rings. The zero-order valence-corrected chi connectivity index (χ0v) is 9.59. The van der Waals surface area contributed by atoms with E-state index in [0.717, 1.165) is 4.88 Å².